The maximum Gasteiger partial charge on any atom is 0.269 e. The normalized spacial score (nSPS) is 14.9. The number of H-pyrrole nitrogens is 1. The van der Waals surface area contributed by atoms with Gasteiger partial charge in [-0.1, -0.05) is 6.92 Å². The van der Waals surface area contributed by atoms with Crippen molar-refractivity contribution in [1.29, 1.82) is 0 Å². The van der Waals surface area contributed by atoms with Crippen molar-refractivity contribution in [3.8, 4) is 11.3 Å². The average molecular weight is 286 g/mol. The SMILES string of the molecule is CCCN1CCc2[nH]nc(-c3ccc([N+](=O)[O-])cc3)c2C1. The van der Waals surface area contributed by atoms with E-state index < -0.39 is 0 Å². The Kier molecular flexibility index (Phi) is 3.70. The fourth-order valence-corrected chi connectivity index (χ4v) is 2.84. The number of aromatic nitrogens is 2. The van der Waals surface area contributed by atoms with E-state index in [1.54, 1.807) is 12.1 Å². The van der Waals surface area contributed by atoms with Crippen LogP contribution in [0.15, 0.2) is 24.3 Å². The third-order valence-corrected chi connectivity index (χ3v) is 3.90. The predicted molar refractivity (Wildman–Crippen MR) is 80.0 cm³/mol. The Bertz CT molecular complexity index is 648. The second kappa shape index (κ2) is 5.65. The lowest BCUT2D eigenvalue weighted by Gasteiger charge is -2.26. The Hall–Kier alpha value is -2.21. The topological polar surface area (TPSA) is 75.1 Å². The molecule has 0 saturated heterocycles. The number of rotatable bonds is 4. The number of nitrogens with one attached hydrogen (secondary N) is 1. The summed E-state index contributed by atoms with van der Waals surface area (Å²) < 4.78 is 0. The molecule has 110 valence electrons. The fourth-order valence-electron chi connectivity index (χ4n) is 2.84. The summed E-state index contributed by atoms with van der Waals surface area (Å²) in [4.78, 5) is 12.8. The van der Waals surface area contributed by atoms with Gasteiger partial charge in [0.25, 0.3) is 5.69 Å². The second-order valence-electron chi connectivity index (χ2n) is 5.36. The van der Waals surface area contributed by atoms with Crippen LogP contribution in [0.2, 0.25) is 0 Å². The summed E-state index contributed by atoms with van der Waals surface area (Å²) in [6.45, 7) is 5.22. The molecule has 1 aromatic carbocycles. The van der Waals surface area contributed by atoms with Crippen LogP contribution in [0.4, 0.5) is 5.69 Å². The first-order chi connectivity index (χ1) is 10.2. The molecule has 3 rings (SSSR count). The first kappa shape index (κ1) is 13.8. The Balaban J connectivity index is 1.90. The Labute approximate surface area is 122 Å². The molecule has 2 heterocycles. The summed E-state index contributed by atoms with van der Waals surface area (Å²) in [7, 11) is 0. The summed E-state index contributed by atoms with van der Waals surface area (Å²) in [5.74, 6) is 0. The number of benzene rings is 1. The number of nitro groups is 1. The van der Waals surface area contributed by atoms with Gasteiger partial charge in [-0.2, -0.15) is 5.10 Å². The molecular weight excluding hydrogens is 268 g/mol. The Morgan fingerprint density at radius 1 is 1.38 bits per heavy atom. The van der Waals surface area contributed by atoms with Crippen molar-refractivity contribution in [3.63, 3.8) is 0 Å². The molecule has 0 unspecified atom stereocenters. The van der Waals surface area contributed by atoms with Crippen LogP contribution in [-0.4, -0.2) is 33.1 Å². The van der Waals surface area contributed by atoms with E-state index in [0.29, 0.717) is 0 Å². The Morgan fingerprint density at radius 3 is 2.81 bits per heavy atom. The molecule has 6 heteroatoms. The summed E-state index contributed by atoms with van der Waals surface area (Å²) in [6.07, 6.45) is 2.12. The molecule has 21 heavy (non-hydrogen) atoms. The highest BCUT2D eigenvalue weighted by molar-refractivity contribution is 5.65. The Morgan fingerprint density at radius 2 is 2.14 bits per heavy atom. The lowest BCUT2D eigenvalue weighted by Crippen LogP contribution is -2.31. The maximum atomic E-state index is 10.7. The minimum Gasteiger partial charge on any atom is -0.299 e. The van der Waals surface area contributed by atoms with Crippen LogP contribution in [0.5, 0.6) is 0 Å². The summed E-state index contributed by atoms with van der Waals surface area (Å²) in [5, 5.41) is 18.3. The summed E-state index contributed by atoms with van der Waals surface area (Å²) in [5.41, 5.74) is 4.37. The average Bonchev–Trinajstić information content (AvgIpc) is 2.91. The molecule has 0 aliphatic carbocycles. The second-order valence-corrected chi connectivity index (χ2v) is 5.36. The molecule has 0 fully saturated rings. The smallest absolute Gasteiger partial charge is 0.269 e. The van der Waals surface area contributed by atoms with Gasteiger partial charge in [0, 0.05) is 48.5 Å². The lowest BCUT2D eigenvalue weighted by atomic mass is 10.0. The molecule has 0 radical (unpaired) electrons. The van der Waals surface area contributed by atoms with Gasteiger partial charge in [-0.25, -0.2) is 0 Å². The number of nitro benzene ring substituents is 1. The zero-order valence-corrected chi connectivity index (χ0v) is 12.0. The van der Waals surface area contributed by atoms with E-state index in [1.807, 2.05) is 0 Å². The van der Waals surface area contributed by atoms with Gasteiger partial charge < -0.3 is 0 Å². The first-order valence-electron chi connectivity index (χ1n) is 7.22. The van der Waals surface area contributed by atoms with Crippen LogP contribution in [0.25, 0.3) is 11.3 Å². The third-order valence-electron chi connectivity index (χ3n) is 3.90. The molecule has 1 aromatic heterocycles. The zero-order valence-electron chi connectivity index (χ0n) is 12.0. The molecular formula is C15H18N4O2. The van der Waals surface area contributed by atoms with Crippen LogP contribution in [-0.2, 0) is 13.0 Å². The van der Waals surface area contributed by atoms with Crippen LogP contribution in [0.3, 0.4) is 0 Å². The van der Waals surface area contributed by atoms with Crippen molar-refractivity contribution in [2.24, 2.45) is 0 Å². The van der Waals surface area contributed by atoms with Crippen LogP contribution in [0, 0.1) is 10.1 Å². The van der Waals surface area contributed by atoms with Crippen molar-refractivity contribution in [2.45, 2.75) is 26.3 Å². The molecule has 1 aliphatic heterocycles. The van der Waals surface area contributed by atoms with Gasteiger partial charge in [0.2, 0.25) is 0 Å². The maximum absolute atomic E-state index is 10.7. The summed E-state index contributed by atoms with van der Waals surface area (Å²) >= 11 is 0. The van der Waals surface area contributed by atoms with Gasteiger partial charge in [0.05, 0.1) is 10.6 Å². The van der Waals surface area contributed by atoms with Crippen molar-refractivity contribution in [3.05, 3.63) is 45.6 Å². The first-order valence-corrected chi connectivity index (χ1v) is 7.22. The number of hydrogen-bond acceptors (Lipinski definition) is 4. The number of hydrogen-bond donors (Lipinski definition) is 1. The van der Waals surface area contributed by atoms with E-state index in [4.69, 9.17) is 0 Å². The van der Waals surface area contributed by atoms with Gasteiger partial charge >= 0.3 is 0 Å². The van der Waals surface area contributed by atoms with Crippen LogP contribution >= 0.6 is 0 Å². The van der Waals surface area contributed by atoms with Crippen molar-refractivity contribution >= 4 is 5.69 Å². The van der Waals surface area contributed by atoms with E-state index in [9.17, 15) is 10.1 Å². The number of non-ortho nitro benzene ring substituents is 1. The van der Waals surface area contributed by atoms with E-state index in [2.05, 4.69) is 22.0 Å². The molecule has 1 N–H and O–H groups in total. The molecule has 6 nitrogen and oxygen atoms in total. The van der Waals surface area contributed by atoms with Crippen molar-refractivity contribution in [2.75, 3.05) is 13.1 Å². The zero-order chi connectivity index (χ0) is 14.8. The van der Waals surface area contributed by atoms with Gasteiger partial charge in [-0.05, 0) is 25.1 Å². The number of nitrogens with zero attached hydrogens (tertiary/aromatic N) is 3. The van der Waals surface area contributed by atoms with Gasteiger partial charge in [-0.3, -0.25) is 20.1 Å². The van der Waals surface area contributed by atoms with Gasteiger partial charge in [-0.15, -0.1) is 0 Å². The van der Waals surface area contributed by atoms with E-state index >= 15 is 0 Å². The highest BCUT2D eigenvalue weighted by atomic mass is 16.6. The standard InChI is InChI=1S/C15H18N4O2/c1-2-8-18-9-7-14-13(10-18)15(17-16-14)11-3-5-12(6-4-11)19(20)21/h3-6H,2,7-10H2,1H3,(H,16,17). The fraction of sp³-hybridized carbons (Fsp3) is 0.400. The third kappa shape index (κ3) is 2.67. The van der Waals surface area contributed by atoms with E-state index in [-0.39, 0.29) is 10.6 Å². The number of aromatic amines is 1. The van der Waals surface area contributed by atoms with Crippen LogP contribution < -0.4 is 0 Å². The minimum atomic E-state index is -0.382. The molecule has 0 amide bonds. The molecule has 0 spiro atoms. The molecule has 0 saturated carbocycles. The van der Waals surface area contributed by atoms with Crippen LogP contribution in [0.1, 0.15) is 24.6 Å². The van der Waals surface area contributed by atoms with Crippen molar-refractivity contribution in [1.82, 2.24) is 15.1 Å². The molecule has 0 atom stereocenters. The molecule has 1 aliphatic rings. The van der Waals surface area contributed by atoms with Gasteiger partial charge in [0.1, 0.15) is 0 Å². The quantitative estimate of drug-likeness (QED) is 0.692. The van der Waals surface area contributed by atoms with E-state index in [0.717, 1.165) is 43.7 Å². The highest BCUT2D eigenvalue weighted by Gasteiger charge is 2.22. The monoisotopic (exact) mass is 286 g/mol. The lowest BCUT2D eigenvalue weighted by molar-refractivity contribution is -0.384. The van der Waals surface area contributed by atoms with Crippen molar-refractivity contribution < 1.29 is 4.92 Å². The minimum absolute atomic E-state index is 0.107. The highest BCUT2D eigenvalue weighted by Crippen LogP contribution is 2.29. The molecule has 0 bridgehead atoms. The summed E-state index contributed by atoms with van der Waals surface area (Å²) in [6, 6.07) is 6.60. The van der Waals surface area contributed by atoms with E-state index in [1.165, 1.54) is 23.4 Å². The predicted octanol–water partition coefficient (Wildman–Crippen LogP) is 2.75. The molecule has 2 aromatic rings. The largest absolute Gasteiger partial charge is 0.299 e. The van der Waals surface area contributed by atoms with Gasteiger partial charge in [0.15, 0.2) is 0 Å². The number of fused-ring (bicyclic) bond motifs is 1.